The highest BCUT2D eigenvalue weighted by Crippen LogP contribution is 2.34. The molecular weight excluding hydrogens is 441 g/mol. The number of esters is 1. The zero-order valence-corrected chi connectivity index (χ0v) is 18.8. The molecule has 0 bridgehead atoms. The molecule has 2 fully saturated rings. The number of rotatable bonds is 7. The third kappa shape index (κ3) is 4.78. The van der Waals surface area contributed by atoms with Gasteiger partial charge in [0, 0.05) is 11.7 Å². The number of benzene rings is 2. The third-order valence-electron chi connectivity index (χ3n) is 6.11. The molecule has 0 radical (unpaired) electrons. The van der Waals surface area contributed by atoms with Gasteiger partial charge in [0.15, 0.2) is 0 Å². The average molecular weight is 467 g/mol. The van der Waals surface area contributed by atoms with Crippen LogP contribution in [0.3, 0.4) is 0 Å². The van der Waals surface area contributed by atoms with Crippen LogP contribution in [0.4, 0.5) is 20.6 Å². The van der Waals surface area contributed by atoms with Crippen LogP contribution in [0.25, 0.3) is 0 Å². The van der Waals surface area contributed by atoms with Crippen LogP contribution in [0.15, 0.2) is 48.5 Å². The van der Waals surface area contributed by atoms with Gasteiger partial charge in [-0.05, 0) is 68.3 Å². The van der Waals surface area contributed by atoms with Crippen LogP contribution < -0.4 is 10.2 Å². The van der Waals surface area contributed by atoms with Crippen molar-refractivity contribution < 1.29 is 28.3 Å². The van der Waals surface area contributed by atoms with E-state index < -0.39 is 35.7 Å². The Morgan fingerprint density at radius 2 is 1.68 bits per heavy atom. The summed E-state index contributed by atoms with van der Waals surface area (Å²) >= 11 is 0. The first-order valence-electron chi connectivity index (χ1n) is 11.4. The molecular formula is C25H26FN3O5. The normalized spacial score (nSPS) is 18.5. The number of nitrogens with zero attached hydrogens (tertiary/aromatic N) is 2. The highest BCUT2D eigenvalue weighted by molar-refractivity contribution is 6.22. The zero-order valence-electron chi connectivity index (χ0n) is 18.8. The summed E-state index contributed by atoms with van der Waals surface area (Å²) in [5.41, 5.74) is 1.09. The number of anilines is 2. The molecule has 0 spiro atoms. The first-order chi connectivity index (χ1) is 16.4. The van der Waals surface area contributed by atoms with Crippen LogP contribution in [0.5, 0.6) is 0 Å². The van der Waals surface area contributed by atoms with Crippen molar-refractivity contribution in [1.82, 2.24) is 4.90 Å². The molecule has 1 heterocycles. The fourth-order valence-corrected chi connectivity index (χ4v) is 4.51. The number of hydrogen-bond donors (Lipinski definition) is 1. The number of urea groups is 1. The molecule has 1 saturated carbocycles. The van der Waals surface area contributed by atoms with Crippen molar-refractivity contribution in [2.45, 2.75) is 51.1 Å². The van der Waals surface area contributed by atoms with Crippen LogP contribution in [0.2, 0.25) is 0 Å². The Kier molecular flexibility index (Phi) is 6.90. The SMILES string of the molecule is CCOC(=O)c1ccc(NC(=O)CC2C(=O)N(c3ccc(F)cc3)C(=O)N2C2CCCC2)cc1. The molecule has 9 heteroatoms. The summed E-state index contributed by atoms with van der Waals surface area (Å²) in [7, 11) is 0. The van der Waals surface area contributed by atoms with Gasteiger partial charge in [-0.2, -0.15) is 0 Å². The van der Waals surface area contributed by atoms with Gasteiger partial charge in [0.05, 0.1) is 24.3 Å². The molecule has 8 nitrogen and oxygen atoms in total. The molecule has 1 aliphatic heterocycles. The molecule has 0 aromatic heterocycles. The maximum atomic E-state index is 13.4. The number of halogens is 1. The summed E-state index contributed by atoms with van der Waals surface area (Å²) in [6.45, 7) is 1.98. The van der Waals surface area contributed by atoms with Gasteiger partial charge >= 0.3 is 12.0 Å². The van der Waals surface area contributed by atoms with Crippen molar-refractivity contribution in [2.24, 2.45) is 0 Å². The van der Waals surface area contributed by atoms with E-state index >= 15 is 0 Å². The minimum absolute atomic E-state index is 0.122. The van der Waals surface area contributed by atoms with E-state index in [0.717, 1.165) is 30.6 Å². The largest absolute Gasteiger partial charge is 0.462 e. The number of imide groups is 1. The number of nitrogens with one attached hydrogen (secondary N) is 1. The lowest BCUT2D eigenvalue weighted by atomic mass is 10.1. The number of carbonyl (C=O) groups excluding carboxylic acids is 4. The number of ether oxygens (including phenoxy) is 1. The molecule has 2 aliphatic rings. The second kappa shape index (κ2) is 10.0. The summed E-state index contributed by atoms with van der Waals surface area (Å²) in [5, 5.41) is 2.73. The second-order valence-electron chi connectivity index (χ2n) is 8.34. The van der Waals surface area contributed by atoms with Crippen LogP contribution in [-0.4, -0.2) is 47.4 Å². The molecule has 4 amide bonds. The van der Waals surface area contributed by atoms with Crippen molar-refractivity contribution in [3.05, 3.63) is 59.9 Å². The summed E-state index contributed by atoms with van der Waals surface area (Å²) in [5.74, 6) is -1.86. The van der Waals surface area contributed by atoms with E-state index in [2.05, 4.69) is 5.32 Å². The quantitative estimate of drug-likeness (QED) is 0.488. The minimum Gasteiger partial charge on any atom is -0.462 e. The third-order valence-corrected chi connectivity index (χ3v) is 6.11. The van der Waals surface area contributed by atoms with Crippen LogP contribution in [0.1, 0.15) is 49.4 Å². The molecule has 1 aliphatic carbocycles. The molecule has 4 rings (SSSR count). The minimum atomic E-state index is -0.945. The van der Waals surface area contributed by atoms with E-state index in [1.54, 1.807) is 31.2 Å². The monoisotopic (exact) mass is 467 g/mol. The summed E-state index contributed by atoms with van der Waals surface area (Å²) in [6, 6.07) is 9.82. The summed E-state index contributed by atoms with van der Waals surface area (Å²) in [4.78, 5) is 53.7. The Morgan fingerprint density at radius 1 is 1.03 bits per heavy atom. The van der Waals surface area contributed by atoms with Crippen molar-refractivity contribution >= 4 is 35.2 Å². The highest BCUT2D eigenvalue weighted by atomic mass is 19.1. The van der Waals surface area contributed by atoms with Crippen molar-refractivity contribution in [3.8, 4) is 0 Å². The van der Waals surface area contributed by atoms with Gasteiger partial charge in [-0.25, -0.2) is 18.9 Å². The highest BCUT2D eigenvalue weighted by Gasteiger charge is 2.49. The van der Waals surface area contributed by atoms with Crippen molar-refractivity contribution in [1.29, 1.82) is 0 Å². The van der Waals surface area contributed by atoms with E-state index in [0.29, 0.717) is 11.3 Å². The predicted molar refractivity (Wildman–Crippen MR) is 123 cm³/mol. The Balaban J connectivity index is 1.50. The van der Waals surface area contributed by atoms with E-state index in [-0.39, 0.29) is 24.8 Å². The van der Waals surface area contributed by atoms with Gasteiger partial charge in [0.1, 0.15) is 11.9 Å². The number of hydrogen-bond acceptors (Lipinski definition) is 5. The van der Waals surface area contributed by atoms with Gasteiger partial charge in [-0.3, -0.25) is 9.59 Å². The Bertz CT molecular complexity index is 1080. The topological polar surface area (TPSA) is 96.0 Å². The fraction of sp³-hybridized carbons (Fsp3) is 0.360. The Labute approximate surface area is 196 Å². The van der Waals surface area contributed by atoms with E-state index in [9.17, 15) is 23.6 Å². The molecule has 1 saturated heterocycles. The van der Waals surface area contributed by atoms with Gasteiger partial charge in [0.2, 0.25) is 5.91 Å². The molecule has 178 valence electrons. The van der Waals surface area contributed by atoms with Crippen molar-refractivity contribution in [2.75, 3.05) is 16.8 Å². The lowest BCUT2D eigenvalue weighted by molar-refractivity contribution is -0.124. The number of carbonyl (C=O) groups is 4. The Hall–Kier alpha value is -3.75. The lowest BCUT2D eigenvalue weighted by Gasteiger charge is -2.27. The Morgan fingerprint density at radius 3 is 2.29 bits per heavy atom. The first-order valence-corrected chi connectivity index (χ1v) is 11.4. The molecule has 34 heavy (non-hydrogen) atoms. The molecule has 1 N–H and O–H groups in total. The fourth-order valence-electron chi connectivity index (χ4n) is 4.51. The van der Waals surface area contributed by atoms with Gasteiger partial charge < -0.3 is 15.0 Å². The zero-order chi connectivity index (χ0) is 24.2. The first kappa shape index (κ1) is 23.4. The summed E-state index contributed by atoms with van der Waals surface area (Å²) in [6.07, 6.45) is 3.22. The number of amides is 4. The molecule has 2 aromatic carbocycles. The van der Waals surface area contributed by atoms with E-state index in [4.69, 9.17) is 4.74 Å². The van der Waals surface area contributed by atoms with Crippen LogP contribution >= 0.6 is 0 Å². The van der Waals surface area contributed by atoms with Gasteiger partial charge in [0.25, 0.3) is 5.91 Å². The van der Waals surface area contributed by atoms with Gasteiger partial charge in [-0.15, -0.1) is 0 Å². The predicted octanol–water partition coefficient (Wildman–Crippen LogP) is 4.11. The maximum Gasteiger partial charge on any atom is 0.338 e. The second-order valence-corrected chi connectivity index (χ2v) is 8.34. The smallest absolute Gasteiger partial charge is 0.338 e. The maximum absolute atomic E-state index is 13.4. The van der Waals surface area contributed by atoms with Crippen LogP contribution in [0, 0.1) is 5.82 Å². The van der Waals surface area contributed by atoms with Gasteiger partial charge in [-0.1, -0.05) is 12.8 Å². The summed E-state index contributed by atoms with van der Waals surface area (Å²) < 4.78 is 18.3. The molecule has 1 atom stereocenters. The van der Waals surface area contributed by atoms with Crippen molar-refractivity contribution in [3.63, 3.8) is 0 Å². The average Bonchev–Trinajstić information content (AvgIpc) is 3.42. The van der Waals surface area contributed by atoms with E-state index in [1.165, 1.54) is 29.2 Å². The standard InChI is InChI=1S/C25H26FN3O5/c1-2-34-24(32)16-7-11-18(12-8-16)27-22(30)15-21-23(31)29(20-13-9-17(26)10-14-20)25(33)28(21)19-5-3-4-6-19/h7-14,19,21H,2-6,15H2,1H3,(H,27,30). The molecule has 2 aromatic rings. The van der Waals surface area contributed by atoms with E-state index in [1.807, 2.05) is 0 Å². The molecule has 1 unspecified atom stereocenters. The lowest BCUT2D eigenvalue weighted by Crippen LogP contribution is -2.43. The van der Waals surface area contributed by atoms with Crippen LogP contribution in [-0.2, 0) is 14.3 Å².